The van der Waals surface area contributed by atoms with Gasteiger partial charge in [-0.1, -0.05) is 24.1 Å². The Balaban J connectivity index is 2.20. The highest BCUT2D eigenvalue weighted by Gasteiger charge is 2.27. The van der Waals surface area contributed by atoms with Gasteiger partial charge in [0, 0.05) is 19.5 Å². The van der Waals surface area contributed by atoms with Gasteiger partial charge in [-0.05, 0) is 12.3 Å². The van der Waals surface area contributed by atoms with E-state index in [4.69, 9.17) is 0 Å². The maximum Gasteiger partial charge on any atom is 0.370 e. The first kappa shape index (κ1) is 13.3. The van der Waals surface area contributed by atoms with Crippen molar-refractivity contribution in [3.8, 4) is 0 Å². The molecule has 0 radical (unpaired) electrons. The summed E-state index contributed by atoms with van der Waals surface area (Å²) in [5.41, 5.74) is 0. The van der Waals surface area contributed by atoms with E-state index in [1.165, 1.54) is 0 Å². The van der Waals surface area contributed by atoms with Gasteiger partial charge in [-0.25, -0.2) is 14.5 Å². The molecule has 7 nitrogen and oxygen atoms in total. The van der Waals surface area contributed by atoms with Crippen LogP contribution >= 0.6 is 0 Å². The van der Waals surface area contributed by atoms with Crippen LogP contribution in [0.25, 0.3) is 0 Å². The van der Waals surface area contributed by atoms with E-state index < -0.39 is 12.1 Å². The van der Waals surface area contributed by atoms with Crippen LogP contribution < -0.4 is 5.32 Å². The van der Waals surface area contributed by atoms with Gasteiger partial charge in [0.15, 0.2) is 0 Å². The van der Waals surface area contributed by atoms with Crippen molar-refractivity contribution in [3.05, 3.63) is 0 Å². The minimum Gasteiger partial charge on any atom is -0.356 e. The molecule has 94 valence electrons. The van der Waals surface area contributed by atoms with Crippen molar-refractivity contribution in [3.63, 3.8) is 0 Å². The van der Waals surface area contributed by atoms with E-state index in [2.05, 4.69) is 29.4 Å². The zero-order chi connectivity index (χ0) is 12.8. The number of rotatable bonds is 6. The van der Waals surface area contributed by atoms with E-state index >= 15 is 0 Å². The predicted molar refractivity (Wildman–Crippen MR) is 59.4 cm³/mol. The smallest absolute Gasteiger partial charge is 0.356 e. The van der Waals surface area contributed by atoms with Crippen molar-refractivity contribution in [2.45, 2.75) is 26.7 Å². The first-order chi connectivity index (χ1) is 8.00. The Hall–Kier alpha value is -1.79. The molecule has 0 aromatic carbocycles. The van der Waals surface area contributed by atoms with Crippen LogP contribution in [0.5, 0.6) is 0 Å². The van der Waals surface area contributed by atoms with Crippen molar-refractivity contribution in [2.75, 3.05) is 13.1 Å². The van der Waals surface area contributed by atoms with E-state index in [1.54, 1.807) is 0 Å². The number of hydrogen-bond donors (Lipinski definition) is 1. The highest BCUT2D eigenvalue weighted by Crippen LogP contribution is 2.07. The summed E-state index contributed by atoms with van der Waals surface area (Å²) in [5, 5.41) is 8.90. The molecule has 1 aliphatic rings. The van der Waals surface area contributed by atoms with Crippen LogP contribution in [0.3, 0.4) is 0 Å². The molecule has 17 heavy (non-hydrogen) atoms. The van der Waals surface area contributed by atoms with Crippen LogP contribution in [0.2, 0.25) is 0 Å². The van der Waals surface area contributed by atoms with Gasteiger partial charge in [0.2, 0.25) is 5.91 Å². The van der Waals surface area contributed by atoms with Crippen LogP contribution in [0, 0.1) is 5.92 Å². The molecular formula is C10H16N4O3. The number of carbonyl (C=O) groups is 3. The standard InChI is InChI=1S/C10H16N4O3/c1-7(2)3-5-11-8(15)4-6-14-9(16)12-13-10(14)17/h7H,3-6H2,1-2H3,(H,11,15). The van der Waals surface area contributed by atoms with Gasteiger partial charge >= 0.3 is 12.1 Å². The quantitative estimate of drug-likeness (QED) is 0.763. The van der Waals surface area contributed by atoms with E-state index in [0.717, 1.165) is 11.3 Å². The maximum atomic E-state index is 11.4. The van der Waals surface area contributed by atoms with Gasteiger partial charge in [0.05, 0.1) is 0 Å². The summed E-state index contributed by atoms with van der Waals surface area (Å²) in [6, 6.07) is -1.41. The summed E-state index contributed by atoms with van der Waals surface area (Å²) in [5.74, 6) is 0.341. The predicted octanol–water partition coefficient (Wildman–Crippen LogP) is 1.55. The molecule has 0 aromatic rings. The Labute approximate surface area is 99.3 Å². The Bertz CT molecular complexity index is 333. The second-order valence-electron chi connectivity index (χ2n) is 4.20. The maximum absolute atomic E-state index is 11.4. The minimum atomic E-state index is -0.704. The number of nitrogens with one attached hydrogen (secondary N) is 1. The lowest BCUT2D eigenvalue weighted by Gasteiger charge is -2.10. The SMILES string of the molecule is CC(C)CCNC(=O)CCN1C(=O)N=NC1=O. The second kappa shape index (κ2) is 6.07. The van der Waals surface area contributed by atoms with Gasteiger partial charge < -0.3 is 5.32 Å². The van der Waals surface area contributed by atoms with Crippen molar-refractivity contribution >= 4 is 18.0 Å². The lowest BCUT2D eigenvalue weighted by molar-refractivity contribution is -0.121. The number of hydrogen-bond acceptors (Lipinski definition) is 3. The van der Waals surface area contributed by atoms with Crippen LogP contribution in [-0.4, -0.2) is 36.0 Å². The van der Waals surface area contributed by atoms with E-state index in [9.17, 15) is 14.4 Å². The molecule has 0 saturated carbocycles. The molecule has 1 rings (SSSR count). The van der Waals surface area contributed by atoms with Gasteiger partial charge in [-0.3, -0.25) is 4.79 Å². The average molecular weight is 240 g/mol. The summed E-state index contributed by atoms with van der Waals surface area (Å²) in [6.45, 7) is 4.76. The van der Waals surface area contributed by atoms with Gasteiger partial charge in [0.1, 0.15) is 0 Å². The van der Waals surface area contributed by atoms with Crippen LogP contribution in [0.1, 0.15) is 26.7 Å². The third-order valence-electron chi connectivity index (χ3n) is 2.29. The fourth-order valence-corrected chi connectivity index (χ4v) is 1.27. The molecule has 0 aliphatic carbocycles. The molecular weight excluding hydrogens is 224 g/mol. The van der Waals surface area contributed by atoms with E-state index in [0.29, 0.717) is 12.5 Å². The highest BCUT2D eigenvalue weighted by molar-refractivity contribution is 5.98. The Morgan fingerprint density at radius 3 is 2.41 bits per heavy atom. The zero-order valence-electron chi connectivity index (χ0n) is 9.97. The molecule has 0 spiro atoms. The van der Waals surface area contributed by atoms with Crippen LogP contribution in [0.15, 0.2) is 10.2 Å². The fourth-order valence-electron chi connectivity index (χ4n) is 1.27. The summed E-state index contributed by atoms with van der Waals surface area (Å²) >= 11 is 0. The zero-order valence-corrected chi connectivity index (χ0v) is 9.97. The largest absolute Gasteiger partial charge is 0.370 e. The summed E-state index contributed by atoms with van der Waals surface area (Å²) in [7, 11) is 0. The number of carbonyl (C=O) groups excluding carboxylic acids is 3. The van der Waals surface area contributed by atoms with Gasteiger partial charge in [-0.15, -0.1) is 0 Å². The number of urea groups is 2. The van der Waals surface area contributed by atoms with Gasteiger partial charge in [0.25, 0.3) is 0 Å². The Kier molecular flexibility index (Phi) is 4.74. The third kappa shape index (κ3) is 4.29. The normalized spacial score (nSPS) is 14.9. The number of amides is 5. The fraction of sp³-hybridized carbons (Fsp3) is 0.700. The molecule has 0 atom stereocenters. The molecule has 0 bridgehead atoms. The number of nitrogens with zero attached hydrogens (tertiary/aromatic N) is 3. The molecule has 5 amide bonds. The average Bonchev–Trinajstić information content (AvgIpc) is 2.55. The van der Waals surface area contributed by atoms with Crippen molar-refractivity contribution in [1.82, 2.24) is 10.2 Å². The molecule has 0 unspecified atom stereocenters. The topological polar surface area (TPSA) is 91.2 Å². The number of imide groups is 1. The highest BCUT2D eigenvalue weighted by atomic mass is 16.2. The van der Waals surface area contributed by atoms with Crippen molar-refractivity contribution in [1.29, 1.82) is 0 Å². The second-order valence-corrected chi connectivity index (χ2v) is 4.20. The molecule has 1 aliphatic heterocycles. The minimum absolute atomic E-state index is 0.0260. The van der Waals surface area contributed by atoms with E-state index in [-0.39, 0.29) is 18.9 Å². The van der Waals surface area contributed by atoms with Gasteiger partial charge in [-0.2, -0.15) is 0 Å². The van der Waals surface area contributed by atoms with Crippen LogP contribution in [-0.2, 0) is 4.79 Å². The third-order valence-corrected chi connectivity index (χ3v) is 2.29. The monoisotopic (exact) mass is 240 g/mol. The molecule has 0 saturated heterocycles. The molecule has 1 N–H and O–H groups in total. The summed E-state index contributed by atoms with van der Waals surface area (Å²) in [4.78, 5) is 34.2. The lowest BCUT2D eigenvalue weighted by atomic mass is 10.1. The van der Waals surface area contributed by atoms with Crippen LogP contribution in [0.4, 0.5) is 9.59 Å². The lowest BCUT2D eigenvalue weighted by Crippen LogP contribution is -2.34. The first-order valence-electron chi connectivity index (χ1n) is 5.54. The molecule has 7 heteroatoms. The molecule has 0 aromatic heterocycles. The Morgan fingerprint density at radius 2 is 1.88 bits per heavy atom. The summed E-state index contributed by atoms with van der Waals surface area (Å²) in [6.07, 6.45) is 0.985. The van der Waals surface area contributed by atoms with Crippen molar-refractivity contribution in [2.24, 2.45) is 16.1 Å². The summed E-state index contributed by atoms with van der Waals surface area (Å²) < 4.78 is 0. The molecule has 0 fully saturated rings. The number of azo groups is 1. The van der Waals surface area contributed by atoms with Crippen molar-refractivity contribution < 1.29 is 14.4 Å². The first-order valence-corrected chi connectivity index (χ1v) is 5.54. The molecule has 1 heterocycles. The Morgan fingerprint density at radius 1 is 1.29 bits per heavy atom. The van der Waals surface area contributed by atoms with E-state index in [1.807, 2.05) is 0 Å².